The molecule has 0 N–H and O–H groups in total. The first-order valence-electron chi connectivity index (χ1n) is 6.18. The number of carbonyl (C=O) groups excluding carboxylic acids is 1. The molecule has 0 amide bonds. The van der Waals surface area contributed by atoms with Crippen LogP contribution in [0, 0.1) is 10.1 Å². The SMILES string of the molecule is COC(=O)c1cc([N+](=O)[O-])ccc1-c1cc(Cl)ccc1OC. The van der Waals surface area contributed by atoms with Gasteiger partial charge in [-0.3, -0.25) is 10.1 Å². The van der Waals surface area contributed by atoms with Crippen molar-refractivity contribution in [1.82, 2.24) is 0 Å². The maximum Gasteiger partial charge on any atom is 0.338 e. The van der Waals surface area contributed by atoms with Crippen LogP contribution in [-0.2, 0) is 4.74 Å². The molecule has 22 heavy (non-hydrogen) atoms. The van der Waals surface area contributed by atoms with Gasteiger partial charge in [0.05, 0.1) is 24.7 Å². The van der Waals surface area contributed by atoms with Gasteiger partial charge in [0.2, 0.25) is 0 Å². The van der Waals surface area contributed by atoms with E-state index in [4.69, 9.17) is 21.1 Å². The van der Waals surface area contributed by atoms with Crippen molar-refractivity contribution in [3.63, 3.8) is 0 Å². The van der Waals surface area contributed by atoms with E-state index in [1.807, 2.05) is 0 Å². The van der Waals surface area contributed by atoms with E-state index in [0.717, 1.165) is 0 Å². The molecule has 0 unspecified atom stereocenters. The summed E-state index contributed by atoms with van der Waals surface area (Å²) >= 11 is 5.99. The largest absolute Gasteiger partial charge is 0.496 e. The Kier molecular flexibility index (Phi) is 4.62. The molecule has 0 aromatic heterocycles. The van der Waals surface area contributed by atoms with Crippen molar-refractivity contribution in [3.05, 3.63) is 57.1 Å². The Morgan fingerprint density at radius 1 is 1.14 bits per heavy atom. The molecule has 114 valence electrons. The number of benzene rings is 2. The summed E-state index contributed by atoms with van der Waals surface area (Å²) in [4.78, 5) is 22.3. The fourth-order valence-corrected chi connectivity index (χ4v) is 2.22. The average molecular weight is 322 g/mol. The third-order valence-electron chi connectivity index (χ3n) is 3.07. The zero-order valence-corrected chi connectivity index (χ0v) is 12.6. The standard InChI is InChI=1S/C15H12ClNO5/c1-21-14-6-3-9(16)7-12(14)11-5-4-10(17(19)20)8-13(11)15(18)22-2/h3-8H,1-2H3. The summed E-state index contributed by atoms with van der Waals surface area (Å²) in [6.45, 7) is 0. The molecule has 6 nitrogen and oxygen atoms in total. The number of nitrogens with zero attached hydrogens (tertiary/aromatic N) is 1. The summed E-state index contributed by atoms with van der Waals surface area (Å²) in [5, 5.41) is 11.3. The number of rotatable bonds is 4. The monoisotopic (exact) mass is 321 g/mol. The molecule has 0 aliphatic carbocycles. The maximum absolute atomic E-state index is 11.9. The molecule has 0 aliphatic heterocycles. The first kappa shape index (κ1) is 15.8. The van der Waals surface area contributed by atoms with Crippen molar-refractivity contribution < 1.29 is 19.2 Å². The summed E-state index contributed by atoms with van der Waals surface area (Å²) in [5.41, 5.74) is 0.851. The van der Waals surface area contributed by atoms with Gasteiger partial charge in [0.25, 0.3) is 5.69 Å². The van der Waals surface area contributed by atoms with Gasteiger partial charge < -0.3 is 9.47 Å². The minimum Gasteiger partial charge on any atom is -0.496 e. The Balaban J connectivity index is 2.72. The molecule has 2 rings (SSSR count). The zero-order valence-electron chi connectivity index (χ0n) is 11.8. The second kappa shape index (κ2) is 6.44. The number of ether oxygens (including phenoxy) is 2. The molecule has 2 aromatic carbocycles. The number of nitro groups is 1. The molecule has 0 spiro atoms. The molecule has 0 bridgehead atoms. The fourth-order valence-electron chi connectivity index (χ4n) is 2.05. The van der Waals surface area contributed by atoms with Crippen LogP contribution in [0.1, 0.15) is 10.4 Å². The van der Waals surface area contributed by atoms with Crippen molar-refractivity contribution in [2.45, 2.75) is 0 Å². The average Bonchev–Trinajstić information content (AvgIpc) is 2.53. The van der Waals surface area contributed by atoms with Crippen molar-refractivity contribution in [3.8, 4) is 16.9 Å². The number of hydrogen-bond acceptors (Lipinski definition) is 5. The van der Waals surface area contributed by atoms with Gasteiger partial charge >= 0.3 is 5.97 Å². The van der Waals surface area contributed by atoms with E-state index in [1.54, 1.807) is 18.2 Å². The molecule has 0 atom stereocenters. The molecule has 0 saturated heterocycles. The quantitative estimate of drug-likeness (QED) is 0.487. The Labute approximate surface area is 131 Å². The van der Waals surface area contributed by atoms with Gasteiger partial charge in [-0.05, 0) is 24.3 Å². The molecular formula is C15H12ClNO5. The normalized spacial score (nSPS) is 10.1. The van der Waals surface area contributed by atoms with E-state index in [-0.39, 0.29) is 11.3 Å². The van der Waals surface area contributed by atoms with Crippen molar-refractivity contribution in [2.75, 3.05) is 14.2 Å². The third kappa shape index (κ3) is 3.01. The van der Waals surface area contributed by atoms with E-state index >= 15 is 0 Å². The summed E-state index contributed by atoms with van der Waals surface area (Å²) in [5.74, 6) is -0.191. The van der Waals surface area contributed by atoms with Crippen LogP contribution in [0.25, 0.3) is 11.1 Å². The second-order valence-electron chi connectivity index (χ2n) is 4.32. The van der Waals surface area contributed by atoms with Crippen LogP contribution < -0.4 is 4.74 Å². The minimum absolute atomic E-state index is 0.0669. The lowest BCUT2D eigenvalue weighted by Gasteiger charge is -2.12. The van der Waals surface area contributed by atoms with E-state index in [0.29, 0.717) is 21.9 Å². The summed E-state index contributed by atoms with van der Waals surface area (Å²) in [6, 6.07) is 8.86. The van der Waals surface area contributed by atoms with Crippen LogP contribution in [-0.4, -0.2) is 25.1 Å². The first-order valence-corrected chi connectivity index (χ1v) is 6.56. The van der Waals surface area contributed by atoms with Crippen LogP contribution in [0.5, 0.6) is 5.75 Å². The Morgan fingerprint density at radius 3 is 2.45 bits per heavy atom. The highest BCUT2D eigenvalue weighted by molar-refractivity contribution is 6.31. The number of nitro benzene ring substituents is 1. The Morgan fingerprint density at radius 2 is 1.86 bits per heavy atom. The number of halogens is 1. The van der Waals surface area contributed by atoms with E-state index in [1.165, 1.54) is 32.4 Å². The summed E-state index contributed by atoms with van der Waals surface area (Å²) in [7, 11) is 2.69. The molecule has 0 saturated carbocycles. The molecule has 0 heterocycles. The molecule has 0 fully saturated rings. The predicted octanol–water partition coefficient (Wildman–Crippen LogP) is 3.71. The van der Waals surface area contributed by atoms with Crippen molar-refractivity contribution in [1.29, 1.82) is 0 Å². The summed E-state index contributed by atoms with van der Waals surface area (Å²) in [6.07, 6.45) is 0. The van der Waals surface area contributed by atoms with Crippen molar-refractivity contribution in [2.24, 2.45) is 0 Å². The lowest BCUT2D eigenvalue weighted by molar-refractivity contribution is -0.384. The lowest BCUT2D eigenvalue weighted by atomic mass is 9.98. The van der Waals surface area contributed by atoms with Crippen LogP contribution in [0.15, 0.2) is 36.4 Å². The predicted molar refractivity (Wildman–Crippen MR) is 81.4 cm³/mol. The van der Waals surface area contributed by atoms with Crippen LogP contribution >= 0.6 is 11.6 Å². The zero-order chi connectivity index (χ0) is 16.3. The van der Waals surface area contributed by atoms with Crippen molar-refractivity contribution >= 4 is 23.3 Å². The fraction of sp³-hybridized carbons (Fsp3) is 0.133. The minimum atomic E-state index is -0.680. The van der Waals surface area contributed by atoms with Gasteiger partial charge in [-0.15, -0.1) is 0 Å². The van der Waals surface area contributed by atoms with Gasteiger partial charge in [0, 0.05) is 28.3 Å². The molecule has 0 aliphatic rings. The smallest absolute Gasteiger partial charge is 0.338 e. The first-order chi connectivity index (χ1) is 10.5. The third-order valence-corrected chi connectivity index (χ3v) is 3.31. The molecule has 7 heteroatoms. The summed E-state index contributed by atoms with van der Waals surface area (Å²) < 4.78 is 9.96. The van der Waals surface area contributed by atoms with Crippen LogP contribution in [0.3, 0.4) is 0 Å². The van der Waals surface area contributed by atoms with Gasteiger partial charge in [0.15, 0.2) is 0 Å². The van der Waals surface area contributed by atoms with Gasteiger partial charge in [-0.1, -0.05) is 11.6 Å². The number of carbonyl (C=O) groups is 1. The number of hydrogen-bond donors (Lipinski definition) is 0. The lowest BCUT2D eigenvalue weighted by Crippen LogP contribution is -2.05. The maximum atomic E-state index is 11.9. The van der Waals surface area contributed by atoms with Gasteiger partial charge in [0.1, 0.15) is 5.75 Å². The van der Waals surface area contributed by atoms with E-state index < -0.39 is 10.9 Å². The highest BCUT2D eigenvalue weighted by Gasteiger charge is 2.20. The molecule has 2 aromatic rings. The number of methoxy groups -OCH3 is 2. The van der Waals surface area contributed by atoms with Gasteiger partial charge in [-0.25, -0.2) is 4.79 Å². The number of non-ortho nitro benzene ring substituents is 1. The Bertz CT molecular complexity index is 745. The van der Waals surface area contributed by atoms with Gasteiger partial charge in [-0.2, -0.15) is 0 Å². The molecule has 0 radical (unpaired) electrons. The van der Waals surface area contributed by atoms with Crippen LogP contribution in [0.2, 0.25) is 5.02 Å². The Hall–Kier alpha value is -2.60. The highest BCUT2D eigenvalue weighted by Crippen LogP contribution is 2.36. The van der Waals surface area contributed by atoms with E-state index in [9.17, 15) is 14.9 Å². The van der Waals surface area contributed by atoms with E-state index in [2.05, 4.69) is 0 Å². The highest BCUT2D eigenvalue weighted by atomic mass is 35.5. The van der Waals surface area contributed by atoms with Crippen LogP contribution in [0.4, 0.5) is 5.69 Å². The topological polar surface area (TPSA) is 78.7 Å². The molecular weight excluding hydrogens is 310 g/mol. The second-order valence-corrected chi connectivity index (χ2v) is 4.76. The number of esters is 1.